The number of ether oxygens (including phenoxy) is 2. The van der Waals surface area contributed by atoms with Crippen LogP contribution in [0.5, 0.6) is 5.75 Å². The smallest absolute Gasteiger partial charge is 0.357 e. The van der Waals surface area contributed by atoms with Crippen LogP contribution >= 0.6 is 11.3 Å². The molecule has 0 saturated carbocycles. The van der Waals surface area contributed by atoms with Gasteiger partial charge in [-0.25, -0.2) is 14.8 Å². The Morgan fingerprint density at radius 3 is 2.62 bits per heavy atom. The Hall–Kier alpha value is -3.65. The number of anilines is 1. The van der Waals surface area contributed by atoms with Crippen LogP contribution in [0.2, 0.25) is 0 Å². The zero-order chi connectivity index (χ0) is 22.3. The van der Waals surface area contributed by atoms with E-state index in [1.807, 2.05) is 41.1 Å². The maximum Gasteiger partial charge on any atom is 0.357 e. The predicted octanol–water partition coefficient (Wildman–Crippen LogP) is 4.72. The van der Waals surface area contributed by atoms with Crippen molar-refractivity contribution in [2.45, 2.75) is 20.0 Å². The number of carbonyl (C=O) groups excluding carboxylic acids is 1. The van der Waals surface area contributed by atoms with Crippen molar-refractivity contribution >= 4 is 22.4 Å². The van der Waals surface area contributed by atoms with E-state index in [1.54, 1.807) is 31.9 Å². The molecule has 8 heteroatoms. The Morgan fingerprint density at radius 2 is 1.91 bits per heavy atom. The summed E-state index contributed by atoms with van der Waals surface area (Å²) in [5.41, 5.74) is 3.57. The van der Waals surface area contributed by atoms with E-state index in [2.05, 4.69) is 33.1 Å². The molecule has 0 amide bonds. The fraction of sp³-hybridized carbons (Fsp3) is 0.208. The molecule has 0 aliphatic rings. The van der Waals surface area contributed by atoms with Crippen molar-refractivity contribution in [1.29, 1.82) is 0 Å². The van der Waals surface area contributed by atoms with Crippen LogP contribution in [0.3, 0.4) is 0 Å². The molecule has 32 heavy (non-hydrogen) atoms. The van der Waals surface area contributed by atoms with E-state index in [-0.39, 0.29) is 0 Å². The quantitative estimate of drug-likeness (QED) is 0.345. The first-order valence-corrected chi connectivity index (χ1v) is 11.1. The lowest BCUT2D eigenvalue weighted by Gasteiger charge is -2.23. The average Bonchev–Trinajstić information content (AvgIpc) is 3.52. The van der Waals surface area contributed by atoms with Crippen LogP contribution in [0.15, 0.2) is 72.6 Å². The first kappa shape index (κ1) is 21.6. The number of aromatic nitrogens is 3. The van der Waals surface area contributed by atoms with Gasteiger partial charge in [0.1, 0.15) is 5.75 Å². The van der Waals surface area contributed by atoms with Gasteiger partial charge < -0.3 is 18.9 Å². The molecule has 2 heterocycles. The third-order valence-electron chi connectivity index (χ3n) is 4.84. The van der Waals surface area contributed by atoms with Gasteiger partial charge >= 0.3 is 5.97 Å². The molecular weight excluding hydrogens is 424 g/mol. The van der Waals surface area contributed by atoms with E-state index in [4.69, 9.17) is 9.47 Å². The summed E-state index contributed by atoms with van der Waals surface area (Å²) in [5, 5.41) is 2.50. The molecule has 2 aromatic heterocycles. The van der Waals surface area contributed by atoms with E-state index in [0.717, 1.165) is 27.7 Å². The Kier molecular flexibility index (Phi) is 6.81. The van der Waals surface area contributed by atoms with Gasteiger partial charge in [0.2, 0.25) is 0 Å². The highest BCUT2D eigenvalue weighted by Gasteiger charge is 2.17. The van der Waals surface area contributed by atoms with Crippen molar-refractivity contribution in [3.05, 3.63) is 89.5 Å². The molecule has 0 atom stereocenters. The highest BCUT2D eigenvalue weighted by molar-refractivity contribution is 7.13. The van der Waals surface area contributed by atoms with Gasteiger partial charge in [0.15, 0.2) is 10.8 Å². The normalized spacial score (nSPS) is 10.7. The molecule has 0 spiro atoms. The van der Waals surface area contributed by atoms with Crippen LogP contribution in [0.1, 0.15) is 28.5 Å². The Morgan fingerprint density at radius 1 is 1.12 bits per heavy atom. The summed E-state index contributed by atoms with van der Waals surface area (Å²) < 4.78 is 12.5. The zero-order valence-electron chi connectivity index (χ0n) is 18.0. The average molecular weight is 449 g/mol. The summed E-state index contributed by atoms with van der Waals surface area (Å²) in [6.45, 7) is 3.34. The molecule has 2 aromatic carbocycles. The van der Waals surface area contributed by atoms with Crippen molar-refractivity contribution in [3.8, 4) is 11.4 Å². The van der Waals surface area contributed by atoms with E-state index >= 15 is 0 Å². The Labute approximate surface area is 190 Å². The number of nitrogens with zero attached hydrogens (tertiary/aromatic N) is 4. The molecule has 0 aliphatic carbocycles. The van der Waals surface area contributed by atoms with Gasteiger partial charge in [-0.15, -0.1) is 11.3 Å². The summed E-state index contributed by atoms with van der Waals surface area (Å²) in [6, 6.07) is 16.2. The number of rotatable bonds is 9. The Balaban J connectivity index is 1.63. The summed E-state index contributed by atoms with van der Waals surface area (Å²) in [4.78, 5) is 23.0. The highest BCUT2D eigenvalue weighted by Crippen LogP contribution is 2.26. The molecule has 0 saturated heterocycles. The molecule has 0 aliphatic heterocycles. The van der Waals surface area contributed by atoms with Crippen molar-refractivity contribution < 1.29 is 14.3 Å². The predicted molar refractivity (Wildman–Crippen MR) is 125 cm³/mol. The van der Waals surface area contributed by atoms with Crippen LogP contribution in [0, 0.1) is 0 Å². The van der Waals surface area contributed by atoms with Gasteiger partial charge in [0.25, 0.3) is 0 Å². The summed E-state index contributed by atoms with van der Waals surface area (Å²) in [5.74, 6) is 0.398. The van der Waals surface area contributed by atoms with Crippen LogP contribution in [-0.2, 0) is 17.8 Å². The fourth-order valence-electron chi connectivity index (χ4n) is 3.34. The molecule has 0 radical (unpaired) electrons. The maximum absolute atomic E-state index is 12.1. The molecule has 4 aromatic rings. The highest BCUT2D eigenvalue weighted by atomic mass is 32.1. The minimum absolute atomic E-state index is 0.320. The van der Waals surface area contributed by atoms with Crippen LogP contribution in [-0.4, -0.2) is 34.2 Å². The van der Waals surface area contributed by atoms with Gasteiger partial charge in [0.05, 0.1) is 20.0 Å². The van der Waals surface area contributed by atoms with Crippen LogP contribution in [0.25, 0.3) is 5.69 Å². The summed E-state index contributed by atoms with van der Waals surface area (Å²) in [6.07, 6.45) is 5.45. The lowest BCUT2D eigenvalue weighted by molar-refractivity contribution is 0.0520. The fourth-order valence-corrected chi connectivity index (χ4v) is 4.13. The topological polar surface area (TPSA) is 69.5 Å². The minimum Gasteiger partial charge on any atom is -0.497 e. The number of benzene rings is 2. The number of hydrogen-bond donors (Lipinski definition) is 0. The molecule has 0 N–H and O–H groups in total. The third kappa shape index (κ3) is 5.15. The standard InChI is InChI=1S/C24H24N4O3S/c1-3-31-23(29)22-16-32-24(26-22)28(15-19-7-5-9-21(13-19)30-2)14-18-6-4-8-20(12-18)27-11-10-25-17-27/h4-13,16-17H,3,14-15H2,1-2H3. The second-order valence-electron chi connectivity index (χ2n) is 7.08. The molecule has 0 unspecified atom stereocenters. The first-order chi connectivity index (χ1) is 15.7. The Bertz CT molecular complexity index is 1170. The van der Waals surface area contributed by atoms with Gasteiger partial charge in [-0.3, -0.25) is 0 Å². The molecule has 0 fully saturated rings. The van der Waals surface area contributed by atoms with Crippen molar-refractivity contribution in [3.63, 3.8) is 0 Å². The monoisotopic (exact) mass is 448 g/mol. The lowest BCUT2D eigenvalue weighted by atomic mass is 10.1. The van der Waals surface area contributed by atoms with Crippen molar-refractivity contribution in [1.82, 2.24) is 14.5 Å². The van der Waals surface area contributed by atoms with E-state index < -0.39 is 5.97 Å². The number of methoxy groups -OCH3 is 1. The van der Waals surface area contributed by atoms with E-state index in [9.17, 15) is 4.79 Å². The third-order valence-corrected chi connectivity index (χ3v) is 5.74. The molecule has 164 valence electrons. The second kappa shape index (κ2) is 10.1. The van der Waals surface area contributed by atoms with Gasteiger partial charge in [-0.05, 0) is 42.3 Å². The van der Waals surface area contributed by atoms with Gasteiger partial charge in [-0.1, -0.05) is 24.3 Å². The molecular formula is C24H24N4O3S. The molecule has 4 rings (SSSR count). The minimum atomic E-state index is -0.404. The SMILES string of the molecule is CCOC(=O)c1csc(N(Cc2cccc(OC)c2)Cc2cccc(-n3ccnc3)c2)n1. The lowest BCUT2D eigenvalue weighted by Crippen LogP contribution is -2.22. The number of thiazole rings is 1. The van der Waals surface area contributed by atoms with Crippen molar-refractivity contribution in [2.24, 2.45) is 0 Å². The number of carbonyl (C=O) groups is 1. The summed E-state index contributed by atoms with van der Waals surface area (Å²) >= 11 is 1.43. The summed E-state index contributed by atoms with van der Waals surface area (Å²) in [7, 11) is 1.66. The van der Waals surface area contributed by atoms with Crippen LogP contribution in [0.4, 0.5) is 5.13 Å². The van der Waals surface area contributed by atoms with Gasteiger partial charge in [-0.2, -0.15) is 0 Å². The van der Waals surface area contributed by atoms with E-state index in [0.29, 0.717) is 25.4 Å². The zero-order valence-corrected chi connectivity index (χ0v) is 18.8. The van der Waals surface area contributed by atoms with Crippen molar-refractivity contribution in [2.75, 3.05) is 18.6 Å². The largest absolute Gasteiger partial charge is 0.497 e. The number of hydrogen-bond acceptors (Lipinski definition) is 7. The maximum atomic E-state index is 12.1. The van der Waals surface area contributed by atoms with E-state index in [1.165, 1.54) is 11.3 Å². The molecule has 0 bridgehead atoms. The molecule has 7 nitrogen and oxygen atoms in total. The first-order valence-electron chi connectivity index (χ1n) is 10.2. The van der Waals surface area contributed by atoms with Crippen LogP contribution < -0.4 is 9.64 Å². The van der Waals surface area contributed by atoms with Gasteiger partial charge in [0, 0.05) is 36.6 Å². The number of esters is 1. The second-order valence-corrected chi connectivity index (χ2v) is 7.92. The number of imidazole rings is 1.